The molecule has 30 heavy (non-hydrogen) atoms. The Kier molecular flexibility index (Phi) is 8.32. The van der Waals surface area contributed by atoms with E-state index in [1.54, 1.807) is 18.0 Å². The Morgan fingerprint density at radius 2 is 2.07 bits per heavy atom. The average molecular weight is 434 g/mol. The van der Waals surface area contributed by atoms with Gasteiger partial charge in [-0.15, -0.1) is 10.2 Å². The molecule has 0 atom stereocenters. The molecule has 2 N–H and O–H groups in total. The largest absolute Gasteiger partial charge is 0.378 e. The number of carbonyl (C=O) groups excluding carboxylic acids is 1. The number of pyridine rings is 1. The summed E-state index contributed by atoms with van der Waals surface area (Å²) in [5, 5.41) is 15.2. The second-order valence-corrected chi connectivity index (χ2v) is 8.37. The van der Waals surface area contributed by atoms with Gasteiger partial charge in [0.1, 0.15) is 11.6 Å². The van der Waals surface area contributed by atoms with Gasteiger partial charge >= 0.3 is 6.03 Å². The predicted octanol–water partition coefficient (Wildman–Crippen LogP) is 2.64. The third-order valence-corrected chi connectivity index (χ3v) is 5.39. The van der Waals surface area contributed by atoms with Crippen molar-refractivity contribution in [1.29, 1.82) is 0 Å². The van der Waals surface area contributed by atoms with Crippen LogP contribution in [0, 0.1) is 5.92 Å². The molecule has 1 fully saturated rings. The minimum Gasteiger partial charge on any atom is -0.378 e. The number of thioether (sulfide) groups is 1. The van der Waals surface area contributed by atoms with Crippen molar-refractivity contribution in [3.63, 3.8) is 0 Å². The second kappa shape index (κ2) is 11.2. The number of urea groups is 1. The van der Waals surface area contributed by atoms with Crippen molar-refractivity contribution in [2.45, 2.75) is 38.4 Å². The lowest BCUT2D eigenvalue weighted by atomic mass is 10.2. The van der Waals surface area contributed by atoms with Crippen molar-refractivity contribution in [3.05, 3.63) is 24.2 Å². The fourth-order valence-corrected chi connectivity index (χ4v) is 3.79. The summed E-state index contributed by atoms with van der Waals surface area (Å²) >= 11 is 1.61. The summed E-state index contributed by atoms with van der Waals surface area (Å²) in [6, 6.07) is 3.56. The lowest BCUT2D eigenvalue weighted by Gasteiger charge is -2.27. The number of aryl methyl sites for hydroxylation is 1. The van der Waals surface area contributed by atoms with Crippen molar-refractivity contribution in [2.75, 3.05) is 49.3 Å². The lowest BCUT2D eigenvalue weighted by molar-refractivity contribution is 0.122. The summed E-state index contributed by atoms with van der Waals surface area (Å²) in [6.07, 6.45) is 5.27. The molecule has 3 rings (SSSR count). The number of carbonyl (C=O) groups is 1. The molecule has 1 saturated heterocycles. The van der Waals surface area contributed by atoms with Crippen LogP contribution in [0.25, 0.3) is 0 Å². The summed E-state index contributed by atoms with van der Waals surface area (Å²) in [4.78, 5) is 18.8. The molecule has 0 unspecified atom stereocenters. The molecule has 0 bridgehead atoms. The molecular formula is C20H31N7O2S. The van der Waals surface area contributed by atoms with Crippen LogP contribution >= 0.6 is 11.8 Å². The van der Waals surface area contributed by atoms with E-state index in [9.17, 15) is 4.79 Å². The van der Waals surface area contributed by atoms with Gasteiger partial charge in [0, 0.05) is 32.6 Å². The van der Waals surface area contributed by atoms with Gasteiger partial charge in [0.05, 0.1) is 25.1 Å². The van der Waals surface area contributed by atoms with Gasteiger partial charge in [-0.2, -0.15) is 0 Å². The molecule has 0 aliphatic carbocycles. The first-order valence-electron chi connectivity index (χ1n) is 10.4. The fraction of sp³-hybridized carbons (Fsp3) is 0.600. The minimum absolute atomic E-state index is 0.232. The fourth-order valence-electron chi connectivity index (χ4n) is 3.27. The third-order valence-electron chi connectivity index (χ3n) is 4.73. The first kappa shape index (κ1) is 22.4. The van der Waals surface area contributed by atoms with Crippen LogP contribution in [-0.2, 0) is 17.7 Å². The van der Waals surface area contributed by atoms with Crippen LogP contribution in [0.5, 0.6) is 0 Å². The number of morpholine rings is 1. The highest BCUT2D eigenvalue weighted by molar-refractivity contribution is 7.98. The molecule has 1 aliphatic heterocycles. The van der Waals surface area contributed by atoms with Crippen LogP contribution in [0.15, 0.2) is 23.5 Å². The van der Waals surface area contributed by atoms with Gasteiger partial charge in [0.2, 0.25) is 0 Å². The molecule has 0 radical (unpaired) electrons. The summed E-state index contributed by atoms with van der Waals surface area (Å²) in [6.45, 7) is 8.94. The lowest BCUT2D eigenvalue weighted by Crippen LogP contribution is -2.36. The molecule has 3 heterocycles. The van der Waals surface area contributed by atoms with Gasteiger partial charge in [-0.1, -0.05) is 25.6 Å². The molecule has 0 saturated carbocycles. The van der Waals surface area contributed by atoms with E-state index in [4.69, 9.17) is 4.74 Å². The smallest absolute Gasteiger partial charge is 0.319 e. The van der Waals surface area contributed by atoms with E-state index in [-0.39, 0.29) is 6.03 Å². The monoisotopic (exact) mass is 433 g/mol. The number of hydrogen-bond acceptors (Lipinski definition) is 7. The number of nitrogens with one attached hydrogen (secondary N) is 2. The van der Waals surface area contributed by atoms with Crippen LogP contribution in [0.4, 0.5) is 16.3 Å². The van der Waals surface area contributed by atoms with E-state index in [1.807, 2.05) is 18.4 Å². The minimum atomic E-state index is -0.232. The van der Waals surface area contributed by atoms with Crippen LogP contribution < -0.4 is 15.5 Å². The number of aromatic nitrogens is 4. The maximum atomic E-state index is 12.2. The Morgan fingerprint density at radius 1 is 1.27 bits per heavy atom. The molecule has 10 heteroatoms. The Morgan fingerprint density at radius 3 is 2.73 bits per heavy atom. The maximum absolute atomic E-state index is 12.2. The number of anilines is 2. The van der Waals surface area contributed by atoms with E-state index in [0.29, 0.717) is 18.2 Å². The van der Waals surface area contributed by atoms with Crippen LogP contribution in [0.1, 0.15) is 26.1 Å². The molecule has 0 spiro atoms. The highest BCUT2D eigenvalue weighted by Gasteiger charge is 2.13. The van der Waals surface area contributed by atoms with Gasteiger partial charge in [-0.05, 0) is 30.7 Å². The Bertz CT molecular complexity index is 804. The first-order chi connectivity index (χ1) is 14.6. The molecular weight excluding hydrogens is 402 g/mol. The molecule has 2 aromatic heterocycles. The average Bonchev–Trinajstić information content (AvgIpc) is 3.13. The Labute approximate surface area is 182 Å². The number of hydrogen-bond donors (Lipinski definition) is 2. The molecule has 2 aromatic rings. The zero-order valence-corrected chi connectivity index (χ0v) is 18.7. The second-order valence-electron chi connectivity index (χ2n) is 7.60. The normalized spacial score (nSPS) is 14.2. The Balaban J connectivity index is 1.41. The Hall–Kier alpha value is -2.33. The SMILES string of the molecule is CSc1nnc(CCCNC(=O)Nc2ccc(N3CCOCC3)nc2)n1CC(C)C. The molecule has 2 amide bonds. The zero-order valence-electron chi connectivity index (χ0n) is 17.9. The predicted molar refractivity (Wildman–Crippen MR) is 119 cm³/mol. The van der Waals surface area contributed by atoms with Crippen molar-refractivity contribution in [3.8, 4) is 0 Å². The number of ether oxygens (including phenoxy) is 1. The van der Waals surface area contributed by atoms with Gasteiger partial charge in [0.15, 0.2) is 5.16 Å². The summed E-state index contributed by atoms with van der Waals surface area (Å²) < 4.78 is 7.54. The highest BCUT2D eigenvalue weighted by Crippen LogP contribution is 2.17. The van der Waals surface area contributed by atoms with Crippen LogP contribution in [0.2, 0.25) is 0 Å². The summed E-state index contributed by atoms with van der Waals surface area (Å²) in [5.74, 6) is 2.40. The van der Waals surface area contributed by atoms with Crippen molar-refractivity contribution in [1.82, 2.24) is 25.1 Å². The van der Waals surface area contributed by atoms with E-state index in [0.717, 1.165) is 62.5 Å². The van der Waals surface area contributed by atoms with Gasteiger partial charge in [-0.25, -0.2) is 9.78 Å². The van der Waals surface area contributed by atoms with Gasteiger partial charge < -0.3 is 24.8 Å². The number of nitrogens with zero attached hydrogens (tertiary/aromatic N) is 5. The number of amides is 2. The van der Waals surface area contributed by atoms with Gasteiger partial charge in [0.25, 0.3) is 0 Å². The molecule has 0 aromatic carbocycles. The number of rotatable bonds is 9. The maximum Gasteiger partial charge on any atom is 0.319 e. The van der Waals surface area contributed by atoms with E-state index < -0.39 is 0 Å². The van der Waals surface area contributed by atoms with Crippen molar-refractivity contribution >= 4 is 29.3 Å². The summed E-state index contributed by atoms with van der Waals surface area (Å²) in [7, 11) is 0. The van der Waals surface area contributed by atoms with Crippen molar-refractivity contribution in [2.24, 2.45) is 5.92 Å². The first-order valence-corrected chi connectivity index (χ1v) is 11.6. The highest BCUT2D eigenvalue weighted by atomic mass is 32.2. The topological polar surface area (TPSA) is 97.2 Å². The zero-order chi connectivity index (χ0) is 21.3. The van der Waals surface area contributed by atoms with Gasteiger partial charge in [-0.3, -0.25) is 0 Å². The van der Waals surface area contributed by atoms with E-state index in [2.05, 4.69) is 49.1 Å². The van der Waals surface area contributed by atoms with Crippen LogP contribution in [-0.4, -0.2) is 64.9 Å². The third kappa shape index (κ3) is 6.33. The van der Waals surface area contributed by atoms with E-state index >= 15 is 0 Å². The quantitative estimate of drug-likeness (QED) is 0.463. The summed E-state index contributed by atoms with van der Waals surface area (Å²) in [5.41, 5.74) is 0.672. The van der Waals surface area contributed by atoms with Crippen molar-refractivity contribution < 1.29 is 9.53 Å². The molecule has 164 valence electrons. The van der Waals surface area contributed by atoms with E-state index in [1.165, 1.54) is 0 Å². The van der Waals surface area contributed by atoms with Crippen LogP contribution in [0.3, 0.4) is 0 Å². The molecule has 1 aliphatic rings. The standard InChI is InChI=1S/C20H31N7O2S/c1-15(2)14-27-18(24-25-20(27)30-3)5-4-8-21-19(28)23-16-6-7-17(22-13-16)26-9-11-29-12-10-26/h6-7,13,15H,4-5,8-12,14H2,1-3H3,(H2,21,23,28). The molecule has 9 nitrogen and oxygen atoms in total.